The van der Waals surface area contributed by atoms with Crippen molar-refractivity contribution in [1.29, 1.82) is 0 Å². The number of amides is 1. The van der Waals surface area contributed by atoms with Crippen molar-refractivity contribution in [1.82, 2.24) is 9.88 Å². The van der Waals surface area contributed by atoms with Gasteiger partial charge in [-0.05, 0) is 12.1 Å². The molecule has 0 saturated heterocycles. The molecule has 0 aliphatic carbocycles. The van der Waals surface area contributed by atoms with Crippen LogP contribution in [0.25, 0.3) is 0 Å². The van der Waals surface area contributed by atoms with Crippen LogP contribution in [0.4, 0.5) is 0 Å². The zero-order valence-corrected chi connectivity index (χ0v) is 7.67. The number of aromatic nitrogens is 1. The molecule has 5 nitrogen and oxygen atoms in total. The lowest BCUT2D eigenvalue weighted by Gasteiger charge is -2.13. The van der Waals surface area contributed by atoms with E-state index in [9.17, 15) is 9.59 Å². The molecule has 1 amide bonds. The van der Waals surface area contributed by atoms with Crippen LogP contribution in [0, 0.1) is 0 Å². The first-order chi connectivity index (χ1) is 6.61. The third kappa shape index (κ3) is 2.55. The van der Waals surface area contributed by atoms with Crippen molar-refractivity contribution in [2.24, 2.45) is 0 Å². The van der Waals surface area contributed by atoms with E-state index in [4.69, 9.17) is 5.11 Å². The molecule has 1 rings (SSSR count). The second kappa shape index (κ2) is 4.36. The normalized spacial score (nSPS) is 9.50. The summed E-state index contributed by atoms with van der Waals surface area (Å²) in [7, 11) is 1.42. The third-order valence-electron chi connectivity index (χ3n) is 1.65. The molecule has 0 unspecified atom stereocenters. The number of aliphatic carboxylic acids is 1. The van der Waals surface area contributed by atoms with Gasteiger partial charge in [-0.3, -0.25) is 9.78 Å². The van der Waals surface area contributed by atoms with Gasteiger partial charge in [0.25, 0.3) is 0 Å². The van der Waals surface area contributed by atoms with Crippen molar-refractivity contribution in [3.63, 3.8) is 0 Å². The molecule has 0 bridgehead atoms. The van der Waals surface area contributed by atoms with Crippen LogP contribution in [-0.4, -0.2) is 33.9 Å². The van der Waals surface area contributed by atoms with Gasteiger partial charge in [-0.25, -0.2) is 4.79 Å². The summed E-state index contributed by atoms with van der Waals surface area (Å²) in [6, 6.07) is 5.26. The van der Waals surface area contributed by atoms with Crippen molar-refractivity contribution in [3.8, 4) is 0 Å². The highest BCUT2D eigenvalue weighted by Crippen LogP contribution is 1.98. The minimum absolute atomic E-state index is 0.200. The topological polar surface area (TPSA) is 70.5 Å². The Morgan fingerprint density at radius 3 is 2.71 bits per heavy atom. The number of carboxylic acid groups (broad SMARTS) is 1. The SMILES string of the molecule is CN(Cc1ccccn1)C(=O)C(=O)O. The van der Waals surface area contributed by atoms with Crippen molar-refractivity contribution in [3.05, 3.63) is 30.1 Å². The number of carboxylic acids is 1. The molecule has 14 heavy (non-hydrogen) atoms. The Labute approximate surface area is 81.0 Å². The molecular formula is C9H10N2O3. The first kappa shape index (κ1) is 10.2. The Morgan fingerprint density at radius 2 is 2.21 bits per heavy atom. The van der Waals surface area contributed by atoms with E-state index in [0.717, 1.165) is 4.90 Å². The molecule has 0 saturated carbocycles. The van der Waals surface area contributed by atoms with Crippen molar-refractivity contribution >= 4 is 11.9 Å². The summed E-state index contributed by atoms with van der Waals surface area (Å²) in [5.41, 5.74) is 0.657. The maximum atomic E-state index is 10.9. The van der Waals surface area contributed by atoms with Crippen LogP contribution in [0.15, 0.2) is 24.4 Å². The predicted molar refractivity (Wildman–Crippen MR) is 48.3 cm³/mol. The van der Waals surface area contributed by atoms with E-state index in [-0.39, 0.29) is 6.54 Å². The van der Waals surface area contributed by atoms with E-state index in [1.54, 1.807) is 24.4 Å². The zero-order chi connectivity index (χ0) is 10.6. The number of carbonyl (C=O) groups is 2. The lowest BCUT2D eigenvalue weighted by Crippen LogP contribution is -2.32. The van der Waals surface area contributed by atoms with Crippen LogP contribution in [-0.2, 0) is 16.1 Å². The predicted octanol–water partition coefficient (Wildman–Crippen LogP) is 0.125. The Balaban J connectivity index is 2.62. The number of nitrogens with zero attached hydrogens (tertiary/aromatic N) is 2. The van der Waals surface area contributed by atoms with Crippen molar-refractivity contribution < 1.29 is 14.7 Å². The van der Waals surface area contributed by atoms with Gasteiger partial charge in [-0.15, -0.1) is 0 Å². The fraction of sp³-hybridized carbons (Fsp3) is 0.222. The average molecular weight is 194 g/mol. The molecular weight excluding hydrogens is 184 g/mol. The molecule has 0 fully saturated rings. The molecule has 0 spiro atoms. The van der Waals surface area contributed by atoms with E-state index >= 15 is 0 Å². The van der Waals surface area contributed by atoms with Crippen LogP contribution >= 0.6 is 0 Å². The lowest BCUT2D eigenvalue weighted by atomic mass is 10.3. The summed E-state index contributed by atoms with van der Waals surface area (Å²) in [4.78, 5) is 26.3. The van der Waals surface area contributed by atoms with Gasteiger partial charge in [0, 0.05) is 13.2 Å². The van der Waals surface area contributed by atoms with Gasteiger partial charge >= 0.3 is 11.9 Å². The van der Waals surface area contributed by atoms with Crippen molar-refractivity contribution in [2.45, 2.75) is 6.54 Å². The number of hydrogen-bond acceptors (Lipinski definition) is 3. The van der Waals surface area contributed by atoms with Gasteiger partial charge in [0.15, 0.2) is 0 Å². The Morgan fingerprint density at radius 1 is 1.50 bits per heavy atom. The van der Waals surface area contributed by atoms with E-state index in [2.05, 4.69) is 4.98 Å². The Kier molecular flexibility index (Phi) is 3.17. The summed E-state index contributed by atoms with van der Waals surface area (Å²) < 4.78 is 0. The fourth-order valence-corrected chi connectivity index (χ4v) is 0.970. The zero-order valence-electron chi connectivity index (χ0n) is 7.67. The molecule has 0 aliphatic heterocycles. The molecule has 5 heteroatoms. The quantitative estimate of drug-likeness (QED) is 0.679. The smallest absolute Gasteiger partial charge is 0.394 e. The molecule has 0 aliphatic rings. The first-order valence-electron chi connectivity index (χ1n) is 3.99. The van der Waals surface area contributed by atoms with Gasteiger partial charge < -0.3 is 10.0 Å². The summed E-state index contributed by atoms with van der Waals surface area (Å²) in [5.74, 6) is -2.39. The molecule has 0 atom stereocenters. The fourth-order valence-electron chi connectivity index (χ4n) is 0.970. The number of pyridine rings is 1. The van der Waals surface area contributed by atoms with Crippen LogP contribution in [0.5, 0.6) is 0 Å². The van der Waals surface area contributed by atoms with Gasteiger partial charge in [0.05, 0.1) is 12.2 Å². The highest BCUT2D eigenvalue weighted by Gasteiger charge is 2.16. The maximum Gasteiger partial charge on any atom is 0.394 e. The van der Waals surface area contributed by atoms with Gasteiger partial charge in [-0.1, -0.05) is 6.07 Å². The van der Waals surface area contributed by atoms with Gasteiger partial charge in [0.1, 0.15) is 0 Å². The van der Waals surface area contributed by atoms with E-state index in [0.29, 0.717) is 5.69 Å². The Hall–Kier alpha value is -1.91. The van der Waals surface area contributed by atoms with E-state index in [1.807, 2.05) is 0 Å². The molecule has 1 heterocycles. The van der Waals surface area contributed by atoms with Crippen LogP contribution in [0.1, 0.15) is 5.69 Å². The number of hydrogen-bond donors (Lipinski definition) is 1. The van der Waals surface area contributed by atoms with E-state index < -0.39 is 11.9 Å². The second-order valence-corrected chi connectivity index (χ2v) is 2.79. The minimum atomic E-state index is -1.46. The Bertz CT molecular complexity index is 337. The summed E-state index contributed by atoms with van der Waals surface area (Å²) in [5, 5.41) is 8.42. The molecule has 74 valence electrons. The van der Waals surface area contributed by atoms with Gasteiger partial charge in [-0.2, -0.15) is 0 Å². The van der Waals surface area contributed by atoms with Gasteiger partial charge in [0.2, 0.25) is 0 Å². The highest BCUT2D eigenvalue weighted by molar-refractivity contribution is 6.31. The van der Waals surface area contributed by atoms with Crippen molar-refractivity contribution in [2.75, 3.05) is 7.05 Å². The second-order valence-electron chi connectivity index (χ2n) is 2.79. The minimum Gasteiger partial charge on any atom is -0.474 e. The van der Waals surface area contributed by atoms with Crippen LogP contribution in [0.3, 0.4) is 0 Å². The number of likely N-dealkylation sites (N-methyl/N-ethyl adjacent to an activating group) is 1. The molecule has 0 radical (unpaired) electrons. The highest BCUT2D eigenvalue weighted by atomic mass is 16.4. The molecule has 1 aromatic rings. The van der Waals surface area contributed by atoms with E-state index in [1.165, 1.54) is 7.05 Å². The number of rotatable bonds is 2. The summed E-state index contributed by atoms with van der Waals surface area (Å²) in [6.45, 7) is 0.200. The lowest BCUT2D eigenvalue weighted by molar-refractivity contribution is -0.155. The monoisotopic (exact) mass is 194 g/mol. The summed E-state index contributed by atoms with van der Waals surface area (Å²) in [6.07, 6.45) is 1.59. The summed E-state index contributed by atoms with van der Waals surface area (Å²) >= 11 is 0. The largest absolute Gasteiger partial charge is 0.474 e. The number of carbonyl (C=O) groups excluding carboxylic acids is 1. The molecule has 1 aromatic heterocycles. The van der Waals surface area contributed by atoms with Crippen LogP contribution in [0.2, 0.25) is 0 Å². The standard InChI is InChI=1S/C9H10N2O3/c1-11(8(12)9(13)14)6-7-4-2-3-5-10-7/h2-5H,6H2,1H3,(H,13,14). The molecule has 0 aromatic carbocycles. The first-order valence-corrected chi connectivity index (χ1v) is 3.99. The molecule has 1 N–H and O–H groups in total. The third-order valence-corrected chi connectivity index (χ3v) is 1.65. The van der Waals surface area contributed by atoms with Crippen LogP contribution < -0.4 is 0 Å². The maximum absolute atomic E-state index is 10.9. The average Bonchev–Trinajstić information content (AvgIpc) is 2.18.